The molecule has 182 valence electrons. The van der Waals surface area contributed by atoms with E-state index in [0.29, 0.717) is 0 Å². The molecule has 0 spiro atoms. The molecule has 2 heteroatoms. The van der Waals surface area contributed by atoms with E-state index in [1.54, 1.807) is 0 Å². The van der Waals surface area contributed by atoms with Gasteiger partial charge in [-0.15, -0.1) is 0 Å². The molecule has 0 fully saturated rings. The number of unbranched alkanes of at least 4 members (excludes halogenated alkanes) is 4. The maximum absolute atomic E-state index is 6.53. The fourth-order valence-electron chi connectivity index (χ4n) is 4.48. The first-order valence-electron chi connectivity index (χ1n) is 13.2. The van der Waals surface area contributed by atoms with Crippen molar-refractivity contribution in [2.24, 2.45) is 0 Å². The first-order valence-corrected chi connectivity index (χ1v) is 14.0. The Morgan fingerprint density at radius 1 is 0.441 bits per heavy atom. The maximum atomic E-state index is 6.53. The third-order valence-electron chi connectivity index (χ3n) is 6.76. The van der Waals surface area contributed by atoms with E-state index in [-0.39, 0.29) is 0 Å². The van der Waals surface area contributed by atoms with Gasteiger partial charge >= 0.3 is 0 Å². The van der Waals surface area contributed by atoms with Gasteiger partial charge in [-0.1, -0.05) is 111 Å². The van der Waals surface area contributed by atoms with Crippen molar-refractivity contribution in [3.8, 4) is 0 Å². The van der Waals surface area contributed by atoms with Crippen LogP contribution in [0, 0.1) is 0 Å². The van der Waals surface area contributed by atoms with Gasteiger partial charge in [-0.3, -0.25) is 0 Å². The Morgan fingerprint density at radius 2 is 0.794 bits per heavy atom. The summed E-state index contributed by atoms with van der Waals surface area (Å²) in [6, 6.07) is 22.4. The molecule has 34 heavy (non-hydrogen) atoms. The van der Waals surface area contributed by atoms with Crippen molar-refractivity contribution in [1.82, 2.24) is 0 Å². The van der Waals surface area contributed by atoms with Gasteiger partial charge < -0.3 is 0 Å². The predicted octanol–water partition coefficient (Wildman–Crippen LogP) is 10.0. The summed E-state index contributed by atoms with van der Waals surface area (Å²) >= 11 is 13.1. The third-order valence-corrected chi connectivity index (χ3v) is 7.47. The van der Waals surface area contributed by atoms with Gasteiger partial charge in [0.1, 0.15) is 0 Å². The van der Waals surface area contributed by atoms with Crippen molar-refractivity contribution in [2.45, 2.75) is 90.9 Å². The lowest BCUT2D eigenvalue weighted by atomic mass is 9.98. The quantitative estimate of drug-likeness (QED) is 0.195. The Morgan fingerprint density at radius 3 is 1.15 bits per heavy atom. The predicted molar refractivity (Wildman–Crippen MR) is 151 cm³/mol. The van der Waals surface area contributed by atoms with Crippen molar-refractivity contribution in [3.05, 3.63) is 104 Å². The summed E-state index contributed by atoms with van der Waals surface area (Å²) in [5.41, 5.74) is 7.98. The minimum Gasteiger partial charge on any atom is -0.0840 e. The summed E-state index contributed by atoms with van der Waals surface area (Å²) in [5, 5.41) is 1.86. The average molecular weight is 496 g/mol. The number of halogens is 2. The summed E-state index contributed by atoms with van der Waals surface area (Å²) in [6.07, 6.45) is 13.8. The lowest BCUT2D eigenvalue weighted by Gasteiger charge is -2.09. The van der Waals surface area contributed by atoms with Crippen LogP contribution in [0.25, 0.3) is 0 Å². The standard InChI is InChI=1S/C32H40Cl2/c1-3-5-7-9-29-21-19-27(23-31(29)33)17-15-25-11-13-26(14-12-25)16-18-28-20-22-30(32(34)24-28)10-8-6-4-2/h11-14,19-24H,3-10,15-18H2,1-2H3. The largest absolute Gasteiger partial charge is 0.0840 e. The highest BCUT2D eigenvalue weighted by Gasteiger charge is 2.05. The Kier molecular flexibility index (Phi) is 11.5. The monoisotopic (exact) mass is 494 g/mol. The fourth-order valence-corrected chi connectivity index (χ4v) is 5.07. The molecule has 0 aliphatic rings. The zero-order valence-electron chi connectivity index (χ0n) is 21.0. The molecule has 0 radical (unpaired) electrons. The molecule has 0 saturated carbocycles. The zero-order chi connectivity index (χ0) is 24.2. The summed E-state index contributed by atoms with van der Waals surface area (Å²) in [5.74, 6) is 0. The Hall–Kier alpha value is -1.76. The van der Waals surface area contributed by atoms with E-state index in [2.05, 4.69) is 74.5 Å². The molecule has 0 N–H and O–H groups in total. The molecule has 0 bridgehead atoms. The highest BCUT2D eigenvalue weighted by Crippen LogP contribution is 2.23. The topological polar surface area (TPSA) is 0 Å². The molecular weight excluding hydrogens is 455 g/mol. The number of hydrogen-bond donors (Lipinski definition) is 0. The smallest absolute Gasteiger partial charge is 0.0440 e. The van der Waals surface area contributed by atoms with Crippen LogP contribution in [0.5, 0.6) is 0 Å². The second-order valence-corrected chi connectivity index (χ2v) is 10.4. The van der Waals surface area contributed by atoms with Gasteiger partial charge in [-0.2, -0.15) is 0 Å². The average Bonchev–Trinajstić information content (AvgIpc) is 2.85. The van der Waals surface area contributed by atoms with Crippen LogP contribution in [0.2, 0.25) is 10.0 Å². The maximum Gasteiger partial charge on any atom is 0.0440 e. The normalized spacial score (nSPS) is 11.2. The number of hydrogen-bond acceptors (Lipinski definition) is 0. The second-order valence-electron chi connectivity index (χ2n) is 9.58. The van der Waals surface area contributed by atoms with Gasteiger partial charge in [-0.05, 0) is 96.9 Å². The van der Waals surface area contributed by atoms with Crippen LogP contribution < -0.4 is 0 Å². The summed E-state index contributed by atoms with van der Waals surface area (Å²) in [6.45, 7) is 4.47. The summed E-state index contributed by atoms with van der Waals surface area (Å²) in [4.78, 5) is 0. The van der Waals surface area contributed by atoms with E-state index in [1.807, 2.05) is 0 Å². The molecule has 0 aromatic heterocycles. The van der Waals surface area contributed by atoms with Crippen LogP contribution in [0.1, 0.15) is 85.8 Å². The molecule has 0 unspecified atom stereocenters. The molecule has 3 rings (SSSR count). The van der Waals surface area contributed by atoms with Crippen LogP contribution in [0.3, 0.4) is 0 Å². The first-order chi connectivity index (χ1) is 16.6. The Balaban J connectivity index is 1.46. The van der Waals surface area contributed by atoms with Crippen molar-refractivity contribution >= 4 is 23.2 Å². The minimum atomic E-state index is 0.929. The van der Waals surface area contributed by atoms with Gasteiger partial charge in [-0.25, -0.2) is 0 Å². The van der Waals surface area contributed by atoms with Crippen LogP contribution in [-0.4, -0.2) is 0 Å². The fraction of sp³-hybridized carbons (Fsp3) is 0.438. The number of rotatable bonds is 14. The van der Waals surface area contributed by atoms with Gasteiger partial charge in [0.05, 0.1) is 0 Å². The zero-order valence-corrected chi connectivity index (χ0v) is 22.5. The molecule has 0 heterocycles. The highest BCUT2D eigenvalue weighted by molar-refractivity contribution is 6.31. The van der Waals surface area contributed by atoms with Crippen molar-refractivity contribution in [2.75, 3.05) is 0 Å². The van der Waals surface area contributed by atoms with Crippen LogP contribution in [-0.2, 0) is 38.5 Å². The number of aryl methyl sites for hydroxylation is 6. The van der Waals surface area contributed by atoms with E-state index >= 15 is 0 Å². The van der Waals surface area contributed by atoms with E-state index in [0.717, 1.165) is 48.6 Å². The molecular formula is C32H40Cl2. The van der Waals surface area contributed by atoms with Crippen molar-refractivity contribution in [3.63, 3.8) is 0 Å². The number of benzene rings is 3. The van der Waals surface area contributed by atoms with Crippen LogP contribution >= 0.6 is 23.2 Å². The van der Waals surface area contributed by atoms with Gasteiger partial charge in [0.25, 0.3) is 0 Å². The molecule has 0 saturated heterocycles. The molecule has 0 amide bonds. The van der Waals surface area contributed by atoms with Gasteiger partial charge in [0, 0.05) is 10.0 Å². The summed E-state index contributed by atoms with van der Waals surface area (Å²) < 4.78 is 0. The van der Waals surface area contributed by atoms with Crippen molar-refractivity contribution in [1.29, 1.82) is 0 Å². The van der Waals surface area contributed by atoms with Crippen LogP contribution in [0.4, 0.5) is 0 Å². The van der Waals surface area contributed by atoms with E-state index in [1.165, 1.54) is 71.9 Å². The lowest BCUT2D eigenvalue weighted by Crippen LogP contribution is -1.96. The molecule has 0 aliphatic carbocycles. The first kappa shape index (κ1) is 26.8. The molecule has 0 nitrogen and oxygen atoms in total. The summed E-state index contributed by atoms with van der Waals surface area (Å²) in [7, 11) is 0. The van der Waals surface area contributed by atoms with Crippen molar-refractivity contribution < 1.29 is 0 Å². The lowest BCUT2D eigenvalue weighted by molar-refractivity contribution is 0.717. The molecule has 3 aromatic carbocycles. The third kappa shape index (κ3) is 8.79. The highest BCUT2D eigenvalue weighted by atomic mass is 35.5. The Bertz CT molecular complexity index is 922. The molecule has 0 aliphatic heterocycles. The van der Waals surface area contributed by atoms with E-state index in [9.17, 15) is 0 Å². The van der Waals surface area contributed by atoms with Gasteiger partial charge in [0.2, 0.25) is 0 Å². The van der Waals surface area contributed by atoms with E-state index in [4.69, 9.17) is 23.2 Å². The molecule has 0 atom stereocenters. The second kappa shape index (κ2) is 14.6. The van der Waals surface area contributed by atoms with Gasteiger partial charge in [0.15, 0.2) is 0 Å². The SMILES string of the molecule is CCCCCc1ccc(CCc2ccc(CCc3ccc(CCCCC)c(Cl)c3)cc2)cc1Cl. The van der Waals surface area contributed by atoms with Crippen LogP contribution in [0.15, 0.2) is 60.7 Å². The van der Waals surface area contributed by atoms with E-state index < -0.39 is 0 Å². The Labute approximate surface area is 217 Å². The molecule has 3 aromatic rings. The minimum absolute atomic E-state index is 0.929.